The molecule has 90 valence electrons. The quantitative estimate of drug-likeness (QED) is 0.413. The fourth-order valence-electron chi connectivity index (χ4n) is 2.86. The van der Waals surface area contributed by atoms with Crippen LogP contribution in [0.15, 0.2) is 0 Å². The molecule has 0 unspecified atom stereocenters. The lowest BCUT2D eigenvalue weighted by Gasteiger charge is -2.36. The van der Waals surface area contributed by atoms with Crippen molar-refractivity contribution in [3.05, 3.63) is 0 Å². The Hall–Kier alpha value is 0.480. The summed E-state index contributed by atoms with van der Waals surface area (Å²) in [5.74, 6) is 0. The van der Waals surface area contributed by atoms with Crippen LogP contribution in [0.4, 0.5) is 0 Å². The van der Waals surface area contributed by atoms with Gasteiger partial charge >= 0.3 is 0 Å². The summed E-state index contributed by atoms with van der Waals surface area (Å²) in [6.07, 6.45) is 16.0. The van der Waals surface area contributed by atoms with Gasteiger partial charge in [-0.2, -0.15) is 0 Å². The van der Waals surface area contributed by atoms with Crippen molar-refractivity contribution >= 4 is 15.9 Å². The zero-order chi connectivity index (χ0) is 11.0. The minimum atomic E-state index is 0.685. The highest BCUT2D eigenvalue weighted by Gasteiger charge is 2.29. The Kier molecular flexibility index (Phi) is 6.96. The van der Waals surface area contributed by atoms with E-state index < -0.39 is 0 Å². The van der Waals surface area contributed by atoms with E-state index in [9.17, 15) is 0 Å². The van der Waals surface area contributed by atoms with Gasteiger partial charge in [0.2, 0.25) is 0 Å². The average molecular weight is 275 g/mol. The zero-order valence-corrected chi connectivity index (χ0v) is 11.9. The number of rotatable bonds is 7. The molecule has 15 heavy (non-hydrogen) atoms. The predicted molar refractivity (Wildman–Crippen MR) is 72.7 cm³/mol. The van der Waals surface area contributed by atoms with Crippen LogP contribution in [0.2, 0.25) is 0 Å². The molecule has 1 aliphatic rings. The van der Waals surface area contributed by atoms with Crippen molar-refractivity contribution in [2.24, 2.45) is 5.41 Å². The first-order chi connectivity index (χ1) is 7.33. The number of alkyl halides is 1. The average Bonchev–Trinajstić information content (AvgIpc) is 2.30. The maximum atomic E-state index is 3.75. The molecular weight excluding hydrogens is 248 g/mol. The maximum Gasteiger partial charge on any atom is 0.00879 e. The number of hydrogen-bond donors (Lipinski definition) is 0. The van der Waals surface area contributed by atoms with E-state index in [1.807, 2.05) is 0 Å². The molecule has 0 saturated heterocycles. The molecule has 0 nitrogen and oxygen atoms in total. The van der Waals surface area contributed by atoms with Crippen molar-refractivity contribution < 1.29 is 0 Å². The van der Waals surface area contributed by atoms with Crippen molar-refractivity contribution in [2.45, 2.75) is 77.6 Å². The van der Waals surface area contributed by atoms with Crippen molar-refractivity contribution in [2.75, 3.05) is 5.33 Å². The van der Waals surface area contributed by atoms with Crippen LogP contribution in [0.25, 0.3) is 0 Å². The second-order valence-corrected chi connectivity index (χ2v) is 5.92. The van der Waals surface area contributed by atoms with E-state index in [0.717, 1.165) is 0 Å². The first kappa shape index (κ1) is 13.5. The summed E-state index contributed by atoms with van der Waals surface area (Å²) in [6, 6.07) is 0. The minimum Gasteiger partial charge on any atom is -0.0922 e. The smallest absolute Gasteiger partial charge is 0.00879 e. The van der Waals surface area contributed by atoms with Gasteiger partial charge in [-0.3, -0.25) is 0 Å². The monoisotopic (exact) mass is 274 g/mol. The highest BCUT2D eigenvalue weighted by Crippen LogP contribution is 2.42. The predicted octanol–water partition coefficient (Wildman–Crippen LogP) is 5.69. The van der Waals surface area contributed by atoms with Gasteiger partial charge in [-0.25, -0.2) is 0 Å². The molecule has 1 fully saturated rings. The third-order valence-corrected chi connectivity index (χ3v) is 5.20. The molecule has 0 aromatic heterocycles. The van der Waals surface area contributed by atoms with E-state index in [-0.39, 0.29) is 0 Å². The fraction of sp³-hybridized carbons (Fsp3) is 1.00. The van der Waals surface area contributed by atoms with E-state index in [2.05, 4.69) is 22.9 Å². The molecule has 0 aliphatic heterocycles. The second kappa shape index (κ2) is 7.70. The van der Waals surface area contributed by atoms with Gasteiger partial charge in [-0.15, -0.1) is 0 Å². The summed E-state index contributed by atoms with van der Waals surface area (Å²) in [4.78, 5) is 0. The van der Waals surface area contributed by atoms with Gasteiger partial charge in [0.1, 0.15) is 0 Å². The first-order valence-electron chi connectivity index (χ1n) is 6.89. The van der Waals surface area contributed by atoms with Gasteiger partial charge in [0.25, 0.3) is 0 Å². The summed E-state index contributed by atoms with van der Waals surface area (Å²) in [7, 11) is 0. The Morgan fingerprint density at radius 1 is 0.933 bits per heavy atom. The number of unbranched alkanes of at least 4 members (excludes halogenated alkanes) is 4. The minimum absolute atomic E-state index is 0.685. The third-order valence-electron chi connectivity index (χ3n) is 4.01. The summed E-state index contributed by atoms with van der Waals surface area (Å²) >= 11 is 3.75. The molecular formula is C14H27Br. The molecule has 1 saturated carbocycles. The van der Waals surface area contributed by atoms with E-state index in [1.165, 1.54) is 76.0 Å². The van der Waals surface area contributed by atoms with Crippen molar-refractivity contribution in [1.29, 1.82) is 0 Å². The van der Waals surface area contributed by atoms with Crippen LogP contribution in [0.3, 0.4) is 0 Å². The van der Waals surface area contributed by atoms with Crippen LogP contribution in [-0.4, -0.2) is 5.33 Å². The van der Waals surface area contributed by atoms with Crippen LogP contribution < -0.4 is 0 Å². The summed E-state index contributed by atoms with van der Waals surface area (Å²) in [5.41, 5.74) is 0.685. The molecule has 0 atom stereocenters. The number of halogens is 1. The van der Waals surface area contributed by atoms with E-state index in [4.69, 9.17) is 0 Å². The molecule has 0 radical (unpaired) electrons. The summed E-state index contributed by atoms with van der Waals surface area (Å²) in [6.45, 7) is 2.29. The largest absolute Gasteiger partial charge is 0.0922 e. The number of hydrogen-bond acceptors (Lipinski definition) is 0. The first-order valence-corrected chi connectivity index (χ1v) is 8.01. The van der Waals surface area contributed by atoms with Crippen LogP contribution in [0, 0.1) is 5.41 Å². The summed E-state index contributed by atoms with van der Waals surface area (Å²) in [5, 5.41) is 1.24. The topological polar surface area (TPSA) is 0 Å². The summed E-state index contributed by atoms with van der Waals surface area (Å²) < 4.78 is 0. The molecule has 0 heterocycles. The van der Waals surface area contributed by atoms with Crippen LogP contribution in [-0.2, 0) is 0 Å². The Balaban J connectivity index is 2.15. The highest BCUT2D eigenvalue weighted by molar-refractivity contribution is 9.09. The molecule has 0 bridgehead atoms. The van der Waals surface area contributed by atoms with E-state index in [1.54, 1.807) is 0 Å². The van der Waals surface area contributed by atoms with Gasteiger partial charge < -0.3 is 0 Å². The zero-order valence-electron chi connectivity index (χ0n) is 10.4. The molecule has 0 aromatic carbocycles. The van der Waals surface area contributed by atoms with Gasteiger partial charge in [-0.1, -0.05) is 74.2 Å². The molecule has 1 rings (SSSR count). The Morgan fingerprint density at radius 3 is 2.20 bits per heavy atom. The van der Waals surface area contributed by atoms with Gasteiger partial charge in [0.15, 0.2) is 0 Å². The molecule has 0 N–H and O–H groups in total. The SMILES string of the molecule is CCCCCCCC1(CBr)CCCCC1. The maximum absolute atomic E-state index is 3.75. The van der Waals surface area contributed by atoms with Gasteiger partial charge in [-0.05, 0) is 24.7 Å². The third kappa shape index (κ3) is 4.89. The van der Waals surface area contributed by atoms with Crippen molar-refractivity contribution in [1.82, 2.24) is 0 Å². The molecule has 1 heteroatoms. The normalized spacial score (nSPS) is 20.4. The van der Waals surface area contributed by atoms with E-state index >= 15 is 0 Å². The van der Waals surface area contributed by atoms with Crippen LogP contribution in [0.5, 0.6) is 0 Å². The molecule has 0 aromatic rings. The second-order valence-electron chi connectivity index (χ2n) is 5.36. The van der Waals surface area contributed by atoms with Gasteiger partial charge in [0.05, 0.1) is 0 Å². The lowest BCUT2D eigenvalue weighted by Crippen LogP contribution is -2.25. The Morgan fingerprint density at radius 2 is 1.60 bits per heavy atom. The highest BCUT2D eigenvalue weighted by atomic mass is 79.9. The molecule has 0 spiro atoms. The standard InChI is InChI=1S/C14H27Br/c1-2-3-4-5-7-10-14(13-15)11-8-6-9-12-14/h2-13H2,1H3. The van der Waals surface area contributed by atoms with Gasteiger partial charge in [0, 0.05) is 5.33 Å². The van der Waals surface area contributed by atoms with Crippen LogP contribution >= 0.6 is 15.9 Å². The van der Waals surface area contributed by atoms with E-state index in [0.29, 0.717) is 5.41 Å². The Labute approximate surface area is 104 Å². The lowest BCUT2D eigenvalue weighted by atomic mass is 9.72. The fourth-order valence-corrected chi connectivity index (χ4v) is 3.70. The van der Waals surface area contributed by atoms with Crippen molar-refractivity contribution in [3.63, 3.8) is 0 Å². The molecule has 0 amide bonds. The van der Waals surface area contributed by atoms with Crippen molar-refractivity contribution in [3.8, 4) is 0 Å². The van der Waals surface area contributed by atoms with Crippen LogP contribution in [0.1, 0.15) is 77.6 Å². The lowest BCUT2D eigenvalue weighted by molar-refractivity contribution is 0.200. The molecule has 1 aliphatic carbocycles. The Bertz CT molecular complexity index is 147.